The van der Waals surface area contributed by atoms with E-state index in [9.17, 15) is 0 Å². The third-order valence-corrected chi connectivity index (χ3v) is 3.82. The van der Waals surface area contributed by atoms with Crippen molar-refractivity contribution in [1.29, 1.82) is 0 Å². The molecule has 0 bridgehead atoms. The molecule has 0 amide bonds. The average Bonchev–Trinajstić information content (AvgIpc) is 2.76. The van der Waals surface area contributed by atoms with Crippen LogP contribution in [0.5, 0.6) is 0 Å². The van der Waals surface area contributed by atoms with Gasteiger partial charge in [0.25, 0.3) is 0 Å². The summed E-state index contributed by atoms with van der Waals surface area (Å²) in [5, 5.41) is 0. The fraction of sp³-hybridized carbons (Fsp3) is 0.286. The van der Waals surface area contributed by atoms with Gasteiger partial charge in [-0.15, -0.1) is 11.8 Å². The van der Waals surface area contributed by atoms with Crippen LogP contribution in [0.3, 0.4) is 0 Å². The van der Waals surface area contributed by atoms with E-state index in [1.54, 1.807) is 11.8 Å². The quantitative estimate of drug-likeness (QED) is 0.838. The summed E-state index contributed by atoms with van der Waals surface area (Å²) in [6.45, 7) is 4.72. The van der Waals surface area contributed by atoms with Crippen LogP contribution in [0.15, 0.2) is 39.6 Å². The Morgan fingerprint density at radius 2 is 1.88 bits per heavy atom. The van der Waals surface area contributed by atoms with Crippen LogP contribution in [0.2, 0.25) is 0 Å². The summed E-state index contributed by atoms with van der Waals surface area (Å²) < 4.78 is 5.57. The van der Waals surface area contributed by atoms with Gasteiger partial charge >= 0.3 is 0 Å². The summed E-state index contributed by atoms with van der Waals surface area (Å²) >= 11 is 1.80. The molecule has 0 aliphatic carbocycles. The molecule has 2 aromatic rings. The van der Waals surface area contributed by atoms with Crippen molar-refractivity contribution in [3.63, 3.8) is 0 Å². The molecule has 1 aromatic carbocycles. The van der Waals surface area contributed by atoms with Crippen LogP contribution in [-0.4, -0.2) is 0 Å². The zero-order valence-corrected chi connectivity index (χ0v) is 11.0. The van der Waals surface area contributed by atoms with Crippen molar-refractivity contribution in [2.75, 3.05) is 0 Å². The van der Waals surface area contributed by atoms with Crippen molar-refractivity contribution in [3.8, 4) is 0 Å². The molecule has 0 atom stereocenters. The minimum atomic E-state index is 0.466. The minimum absolute atomic E-state index is 0.466. The molecule has 90 valence electrons. The van der Waals surface area contributed by atoms with E-state index < -0.39 is 0 Å². The number of benzene rings is 1. The van der Waals surface area contributed by atoms with Crippen LogP contribution >= 0.6 is 11.8 Å². The average molecular weight is 247 g/mol. The lowest BCUT2D eigenvalue weighted by atomic mass is 10.2. The van der Waals surface area contributed by atoms with E-state index in [1.807, 2.05) is 12.1 Å². The van der Waals surface area contributed by atoms with Crippen LogP contribution in [0.25, 0.3) is 0 Å². The first-order valence-electron chi connectivity index (χ1n) is 5.67. The first-order valence-corrected chi connectivity index (χ1v) is 6.65. The van der Waals surface area contributed by atoms with Crippen LogP contribution < -0.4 is 5.73 Å². The van der Waals surface area contributed by atoms with Crippen molar-refractivity contribution in [2.24, 2.45) is 5.73 Å². The molecule has 1 aromatic heterocycles. The molecule has 0 aliphatic rings. The highest BCUT2D eigenvalue weighted by molar-refractivity contribution is 7.98. The van der Waals surface area contributed by atoms with E-state index in [0.29, 0.717) is 6.54 Å². The zero-order valence-electron chi connectivity index (χ0n) is 10.2. The van der Waals surface area contributed by atoms with Crippen molar-refractivity contribution in [3.05, 3.63) is 53.0 Å². The monoisotopic (exact) mass is 247 g/mol. The Morgan fingerprint density at radius 1 is 1.12 bits per heavy atom. The van der Waals surface area contributed by atoms with Gasteiger partial charge in [-0.2, -0.15) is 0 Å². The normalized spacial score (nSPS) is 10.8. The number of hydrogen-bond donors (Lipinski definition) is 1. The molecule has 2 rings (SSSR count). The second-order valence-electron chi connectivity index (χ2n) is 4.13. The van der Waals surface area contributed by atoms with Gasteiger partial charge in [0.1, 0.15) is 11.5 Å². The van der Waals surface area contributed by atoms with Crippen LogP contribution in [-0.2, 0) is 12.3 Å². The summed E-state index contributed by atoms with van der Waals surface area (Å²) in [6, 6.07) is 10.5. The number of thioether (sulfide) groups is 1. The van der Waals surface area contributed by atoms with Crippen molar-refractivity contribution in [1.82, 2.24) is 0 Å². The van der Waals surface area contributed by atoms with Crippen LogP contribution in [0.1, 0.15) is 22.6 Å². The highest BCUT2D eigenvalue weighted by atomic mass is 32.2. The third kappa shape index (κ3) is 3.14. The van der Waals surface area contributed by atoms with Crippen molar-refractivity contribution < 1.29 is 4.42 Å². The molecule has 0 radical (unpaired) electrons. The number of furan rings is 1. The van der Waals surface area contributed by atoms with Gasteiger partial charge in [-0.1, -0.05) is 17.7 Å². The summed E-state index contributed by atoms with van der Waals surface area (Å²) in [4.78, 5) is 1.31. The largest absolute Gasteiger partial charge is 0.464 e. The fourth-order valence-corrected chi connectivity index (χ4v) is 2.62. The van der Waals surface area contributed by atoms with E-state index in [0.717, 1.165) is 17.3 Å². The lowest BCUT2D eigenvalue weighted by molar-refractivity contribution is 0.482. The molecule has 0 fully saturated rings. The third-order valence-electron chi connectivity index (χ3n) is 2.62. The standard InChI is InChI=1S/C14H17NOS/c1-10-3-6-14(11(2)7-10)17-9-13-5-4-12(8-15)16-13/h3-7H,8-9,15H2,1-2H3. The molecular weight excluding hydrogens is 230 g/mol. The topological polar surface area (TPSA) is 39.2 Å². The first-order chi connectivity index (χ1) is 8.19. The van der Waals surface area contributed by atoms with Crippen molar-refractivity contribution in [2.45, 2.75) is 31.0 Å². The second-order valence-corrected chi connectivity index (χ2v) is 5.15. The van der Waals surface area contributed by atoms with Gasteiger partial charge in [0.15, 0.2) is 0 Å². The van der Waals surface area contributed by atoms with E-state index in [4.69, 9.17) is 10.2 Å². The first kappa shape index (κ1) is 12.3. The highest BCUT2D eigenvalue weighted by Crippen LogP contribution is 2.27. The van der Waals surface area contributed by atoms with Gasteiger partial charge in [0, 0.05) is 4.90 Å². The van der Waals surface area contributed by atoms with E-state index in [2.05, 4.69) is 32.0 Å². The van der Waals surface area contributed by atoms with E-state index in [1.165, 1.54) is 16.0 Å². The molecule has 0 saturated carbocycles. The summed E-state index contributed by atoms with van der Waals surface area (Å²) in [5.74, 6) is 2.68. The molecule has 1 heterocycles. The molecule has 3 heteroatoms. The highest BCUT2D eigenvalue weighted by Gasteiger charge is 2.04. The Kier molecular flexibility index (Phi) is 3.92. The Labute approximate surface area is 106 Å². The summed E-state index contributed by atoms with van der Waals surface area (Å²) in [7, 11) is 0. The predicted octanol–water partition coefficient (Wildman–Crippen LogP) is 3.65. The lowest BCUT2D eigenvalue weighted by Gasteiger charge is -2.05. The molecule has 0 unspecified atom stereocenters. The molecule has 0 aliphatic heterocycles. The van der Waals surface area contributed by atoms with E-state index in [-0.39, 0.29) is 0 Å². The maximum absolute atomic E-state index is 5.57. The smallest absolute Gasteiger partial charge is 0.117 e. The fourth-order valence-electron chi connectivity index (χ4n) is 1.72. The maximum atomic E-state index is 5.57. The predicted molar refractivity (Wildman–Crippen MR) is 72.1 cm³/mol. The zero-order chi connectivity index (χ0) is 12.3. The van der Waals surface area contributed by atoms with Gasteiger partial charge in [0.2, 0.25) is 0 Å². The lowest BCUT2D eigenvalue weighted by Crippen LogP contribution is -1.92. The van der Waals surface area contributed by atoms with Crippen LogP contribution in [0, 0.1) is 13.8 Å². The molecule has 0 spiro atoms. The van der Waals surface area contributed by atoms with Gasteiger partial charge in [-0.3, -0.25) is 0 Å². The SMILES string of the molecule is Cc1ccc(SCc2ccc(CN)o2)c(C)c1. The number of aryl methyl sites for hydroxylation is 2. The maximum Gasteiger partial charge on any atom is 0.117 e. The molecular formula is C14H17NOS. The number of nitrogens with two attached hydrogens (primary N) is 1. The molecule has 2 nitrogen and oxygen atoms in total. The summed E-state index contributed by atoms with van der Waals surface area (Å²) in [6.07, 6.45) is 0. The van der Waals surface area contributed by atoms with Crippen molar-refractivity contribution >= 4 is 11.8 Å². The Hall–Kier alpha value is -1.19. The Bertz CT molecular complexity index is 505. The van der Waals surface area contributed by atoms with Gasteiger partial charge in [0.05, 0.1) is 12.3 Å². The van der Waals surface area contributed by atoms with Gasteiger partial charge in [-0.25, -0.2) is 0 Å². The number of rotatable bonds is 4. The second kappa shape index (κ2) is 5.43. The molecule has 0 saturated heterocycles. The van der Waals surface area contributed by atoms with Crippen LogP contribution in [0.4, 0.5) is 0 Å². The summed E-state index contributed by atoms with van der Waals surface area (Å²) in [5.41, 5.74) is 8.13. The molecule has 17 heavy (non-hydrogen) atoms. The Morgan fingerprint density at radius 3 is 2.53 bits per heavy atom. The molecule has 2 N–H and O–H groups in total. The van der Waals surface area contributed by atoms with Gasteiger partial charge < -0.3 is 10.2 Å². The number of hydrogen-bond acceptors (Lipinski definition) is 3. The Balaban J connectivity index is 2.02. The van der Waals surface area contributed by atoms with Gasteiger partial charge in [-0.05, 0) is 37.6 Å². The minimum Gasteiger partial charge on any atom is -0.464 e. The van der Waals surface area contributed by atoms with E-state index >= 15 is 0 Å².